The Kier molecular flexibility index (Phi) is 4.94. The van der Waals surface area contributed by atoms with Crippen LogP contribution in [0.3, 0.4) is 0 Å². The van der Waals surface area contributed by atoms with Crippen LogP contribution in [0.25, 0.3) is 0 Å². The molecule has 0 amide bonds. The maximum absolute atomic E-state index is 6.11. The van der Waals surface area contributed by atoms with E-state index >= 15 is 0 Å². The predicted molar refractivity (Wildman–Crippen MR) is 117 cm³/mol. The number of hydrogen-bond donors (Lipinski definition) is 1. The van der Waals surface area contributed by atoms with Crippen molar-refractivity contribution < 1.29 is 0 Å². The van der Waals surface area contributed by atoms with E-state index in [0.717, 1.165) is 28.9 Å². The third-order valence-electron chi connectivity index (χ3n) is 5.11. The highest BCUT2D eigenvalue weighted by atomic mass is 35.5. The molecule has 0 bridgehead atoms. The quantitative estimate of drug-likeness (QED) is 0.573. The molecule has 138 valence electrons. The highest BCUT2D eigenvalue weighted by Crippen LogP contribution is 2.33. The lowest BCUT2D eigenvalue weighted by Gasteiger charge is -2.39. The first-order chi connectivity index (χ1) is 13.0. The molecule has 0 saturated heterocycles. The number of thiocarbonyl (C=S) groups is 1. The van der Waals surface area contributed by atoms with Gasteiger partial charge in [-0.2, -0.15) is 0 Å². The zero-order valence-electron chi connectivity index (χ0n) is 15.4. The molecule has 5 heteroatoms. The molecule has 1 unspecified atom stereocenters. The number of nitrogens with one attached hydrogen (secondary N) is 1. The lowest BCUT2D eigenvalue weighted by atomic mass is 10.0. The lowest BCUT2D eigenvalue weighted by molar-refractivity contribution is 0.293. The SMILES string of the molecule is Cc1ccc(NC(=S)N2CCn3cccc3C2c2ccc(Cl)cc2)c(C)c1. The topological polar surface area (TPSA) is 20.2 Å². The molecule has 2 aromatic carbocycles. The number of halogens is 1. The van der Waals surface area contributed by atoms with Crippen LogP contribution in [-0.4, -0.2) is 21.1 Å². The second kappa shape index (κ2) is 7.37. The van der Waals surface area contributed by atoms with Gasteiger partial charge in [-0.05, 0) is 67.5 Å². The van der Waals surface area contributed by atoms with E-state index in [9.17, 15) is 0 Å². The molecular weight excluding hydrogens is 374 g/mol. The molecule has 0 fully saturated rings. The summed E-state index contributed by atoms with van der Waals surface area (Å²) in [4.78, 5) is 2.27. The van der Waals surface area contributed by atoms with Crippen LogP contribution >= 0.6 is 23.8 Å². The van der Waals surface area contributed by atoms with Crippen molar-refractivity contribution in [1.82, 2.24) is 9.47 Å². The van der Waals surface area contributed by atoms with Crippen molar-refractivity contribution in [3.8, 4) is 0 Å². The van der Waals surface area contributed by atoms with E-state index in [4.69, 9.17) is 23.8 Å². The van der Waals surface area contributed by atoms with E-state index in [-0.39, 0.29) is 6.04 Å². The number of fused-ring (bicyclic) bond motifs is 1. The van der Waals surface area contributed by atoms with Gasteiger partial charge in [0.2, 0.25) is 0 Å². The van der Waals surface area contributed by atoms with Crippen LogP contribution in [0.5, 0.6) is 0 Å². The lowest BCUT2D eigenvalue weighted by Crippen LogP contribution is -2.44. The number of hydrogen-bond acceptors (Lipinski definition) is 1. The fourth-order valence-corrected chi connectivity index (χ4v) is 4.17. The van der Waals surface area contributed by atoms with Crippen LogP contribution in [0.15, 0.2) is 60.8 Å². The van der Waals surface area contributed by atoms with Gasteiger partial charge in [-0.1, -0.05) is 41.4 Å². The van der Waals surface area contributed by atoms with Crippen molar-refractivity contribution in [3.63, 3.8) is 0 Å². The Bertz CT molecular complexity index is 977. The number of benzene rings is 2. The summed E-state index contributed by atoms with van der Waals surface area (Å²) in [6.07, 6.45) is 2.14. The van der Waals surface area contributed by atoms with Gasteiger partial charge in [-0.25, -0.2) is 0 Å². The van der Waals surface area contributed by atoms with E-state index in [1.807, 2.05) is 12.1 Å². The van der Waals surface area contributed by atoms with Crippen LogP contribution in [0.2, 0.25) is 5.02 Å². The summed E-state index contributed by atoms with van der Waals surface area (Å²) in [5.74, 6) is 0. The second-order valence-electron chi connectivity index (χ2n) is 7.02. The van der Waals surface area contributed by atoms with Crippen LogP contribution < -0.4 is 5.32 Å². The maximum atomic E-state index is 6.11. The largest absolute Gasteiger partial charge is 0.348 e. The molecule has 0 radical (unpaired) electrons. The normalized spacial score (nSPS) is 16.1. The molecule has 4 rings (SSSR count). The maximum Gasteiger partial charge on any atom is 0.174 e. The molecule has 1 atom stereocenters. The van der Waals surface area contributed by atoms with Crippen LogP contribution in [0.4, 0.5) is 5.69 Å². The summed E-state index contributed by atoms with van der Waals surface area (Å²) in [6, 6.07) is 18.8. The van der Waals surface area contributed by atoms with Crippen molar-refractivity contribution >= 4 is 34.6 Å². The van der Waals surface area contributed by atoms with Gasteiger partial charge in [-0.3, -0.25) is 0 Å². The Morgan fingerprint density at radius 2 is 1.85 bits per heavy atom. The van der Waals surface area contributed by atoms with Gasteiger partial charge in [0.1, 0.15) is 0 Å². The summed E-state index contributed by atoms with van der Waals surface area (Å²) < 4.78 is 2.30. The molecule has 1 aliphatic heterocycles. The standard InChI is InChI=1S/C22H22ClN3S/c1-15-5-10-19(16(2)14-15)24-22(27)26-13-12-25-11-3-4-20(25)21(26)17-6-8-18(23)9-7-17/h3-11,14,21H,12-13H2,1-2H3,(H,24,27). The van der Waals surface area contributed by atoms with E-state index in [1.54, 1.807) is 0 Å². The van der Waals surface area contributed by atoms with E-state index < -0.39 is 0 Å². The van der Waals surface area contributed by atoms with Gasteiger partial charge in [0, 0.05) is 35.7 Å². The molecule has 0 aliphatic carbocycles. The zero-order chi connectivity index (χ0) is 19.0. The predicted octanol–water partition coefficient (Wildman–Crippen LogP) is 5.56. The molecule has 1 aromatic heterocycles. The molecule has 2 heterocycles. The monoisotopic (exact) mass is 395 g/mol. The number of rotatable bonds is 2. The first kappa shape index (κ1) is 18.1. The molecule has 1 N–H and O–H groups in total. The van der Waals surface area contributed by atoms with Crippen molar-refractivity contribution in [3.05, 3.63) is 88.2 Å². The van der Waals surface area contributed by atoms with Gasteiger partial charge >= 0.3 is 0 Å². The number of nitrogens with zero attached hydrogens (tertiary/aromatic N) is 2. The van der Waals surface area contributed by atoms with Crippen LogP contribution in [0, 0.1) is 13.8 Å². The van der Waals surface area contributed by atoms with Gasteiger partial charge in [0.05, 0.1) is 6.04 Å². The Hall–Kier alpha value is -2.30. The zero-order valence-corrected chi connectivity index (χ0v) is 17.0. The smallest absolute Gasteiger partial charge is 0.174 e. The molecule has 1 aliphatic rings. The summed E-state index contributed by atoms with van der Waals surface area (Å²) in [6.45, 7) is 5.98. The highest BCUT2D eigenvalue weighted by molar-refractivity contribution is 7.80. The van der Waals surface area contributed by atoms with Crippen molar-refractivity contribution in [2.75, 3.05) is 11.9 Å². The third-order valence-corrected chi connectivity index (χ3v) is 5.70. The first-order valence-electron chi connectivity index (χ1n) is 9.08. The second-order valence-corrected chi connectivity index (χ2v) is 7.85. The minimum Gasteiger partial charge on any atom is -0.348 e. The fourth-order valence-electron chi connectivity index (χ4n) is 3.74. The highest BCUT2D eigenvalue weighted by Gasteiger charge is 2.30. The molecule has 3 nitrogen and oxygen atoms in total. The third kappa shape index (κ3) is 3.60. The molecule has 3 aromatic rings. The van der Waals surface area contributed by atoms with E-state index in [2.05, 4.69) is 77.3 Å². The average Bonchev–Trinajstić information content (AvgIpc) is 3.13. The van der Waals surface area contributed by atoms with E-state index in [0.29, 0.717) is 0 Å². The summed E-state index contributed by atoms with van der Waals surface area (Å²) >= 11 is 11.9. The van der Waals surface area contributed by atoms with E-state index in [1.165, 1.54) is 22.4 Å². The Labute approximate surface area is 170 Å². The summed E-state index contributed by atoms with van der Waals surface area (Å²) in [7, 11) is 0. The molecule has 0 saturated carbocycles. The number of anilines is 1. The van der Waals surface area contributed by atoms with Gasteiger partial charge in [-0.15, -0.1) is 0 Å². The van der Waals surface area contributed by atoms with Gasteiger partial charge < -0.3 is 14.8 Å². The first-order valence-corrected chi connectivity index (χ1v) is 9.87. The fraction of sp³-hybridized carbons (Fsp3) is 0.227. The molecule has 0 spiro atoms. The Morgan fingerprint density at radius 3 is 2.59 bits per heavy atom. The minimum absolute atomic E-state index is 0.0665. The number of aromatic nitrogens is 1. The Balaban J connectivity index is 1.67. The van der Waals surface area contributed by atoms with Gasteiger partial charge in [0.25, 0.3) is 0 Å². The molecular formula is C22H22ClN3S. The van der Waals surface area contributed by atoms with Crippen LogP contribution in [0.1, 0.15) is 28.4 Å². The van der Waals surface area contributed by atoms with Crippen LogP contribution in [-0.2, 0) is 6.54 Å². The average molecular weight is 396 g/mol. The van der Waals surface area contributed by atoms with Crippen molar-refractivity contribution in [1.29, 1.82) is 0 Å². The summed E-state index contributed by atoms with van der Waals surface area (Å²) in [5, 5.41) is 4.95. The van der Waals surface area contributed by atoms with Gasteiger partial charge in [0.15, 0.2) is 5.11 Å². The van der Waals surface area contributed by atoms with Crippen molar-refractivity contribution in [2.24, 2.45) is 0 Å². The number of aryl methyl sites for hydroxylation is 2. The van der Waals surface area contributed by atoms with Crippen molar-refractivity contribution in [2.45, 2.75) is 26.4 Å². The molecule has 27 heavy (non-hydrogen) atoms. The minimum atomic E-state index is 0.0665. The Morgan fingerprint density at radius 1 is 1.07 bits per heavy atom. The summed E-state index contributed by atoms with van der Waals surface area (Å²) in [5.41, 5.74) is 5.93.